The van der Waals surface area contributed by atoms with Gasteiger partial charge < -0.3 is 19.7 Å². The van der Waals surface area contributed by atoms with Crippen LogP contribution in [0, 0.1) is 5.41 Å². The number of carbonyl (C=O) groups excluding carboxylic acids is 1. The first-order chi connectivity index (χ1) is 12.8. The van der Waals surface area contributed by atoms with Crippen LogP contribution in [-0.2, 0) is 16.0 Å². The molecule has 27 heavy (non-hydrogen) atoms. The molecule has 2 aromatic heterocycles. The van der Waals surface area contributed by atoms with Crippen LogP contribution in [0.15, 0.2) is 35.0 Å². The van der Waals surface area contributed by atoms with Gasteiger partial charge in [0.15, 0.2) is 5.76 Å². The Morgan fingerprint density at radius 1 is 1.33 bits per heavy atom. The first kappa shape index (κ1) is 19.5. The van der Waals surface area contributed by atoms with Crippen LogP contribution in [0.1, 0.15) is 39.3 Å². The number of aromatic nitrogens is 2. The van der Waals surface area contributed by atoms with E-state index < -0.39 is 17.6 Å². The fraction of sp³-hybridized carbons (Fsp3) is 0.550. The third-order valence-corrected chi connectivity index (χ3v) is 4.64. The highest BCUT2D eigenvalue weighted by atomic mass is 16.5. The van der Waals surface area contributed by atoms with Gasteiger partial charge in [-0.15, -0.1) is 0 Å². The number of nitrogens with one attached hydrogen (secondary N) is 1. The number of amides is 1. The molecule has 3 rings (SSSR count). The number of carbonyl (C=O) groups is 1. The Labute approximate surface area is 159 Å². The fourth-order valence-corrected chi connectivity index (χ4v) is 3.01. The zero-order chi connectivity index (χ0) is 19.4. The lowest BCUT2D eigenvalue weighted by atomic mass is 9.95. The van der Waals surface area contributed by atoms with E-state index in [1.807, 2.05) is 45.0 Å². The molecule has 1 fully saturated rings. The van der Waals surface area contributed by atoms with E-state index in [1.165, 1.54) is 0 Å². The average Bonchev–Trinajstić information content (AvgIpc) is 3.10. The summed E-state index contributed by atoms with van der Waals surface area (Å²) >= 11 is 0. The Kier molecular flexibility index (Phi) is 5.92. The lowest BCUT2D eigenvalue weighted by molar-refractivity contribution is -0.134. The van der Waals surface area contributed by atoms with Crippen LogP contribution in [0.2, 0.25) is 0 Å². The zero-order valence-electron chi connectivity index (χ0n) is 16.0. The number of aliphatic hydroxyl groups excluding tert-OH is 1. The van der Waals surface area contributed by atoms with Crippen LogP contribution in [-0.4, -0.2) is 46.0 Å². The Morgan fingerprint density at radius 3 is 2.85 bits per heavy atom. The molecule has 0 spiro atoms. The quantitative estimate of drug-likeness (QED) is 0.835. The Hall–Kier alpha value is -2.25. The van der Waals surface area contributed by atoms with Gasteiger partial charge in [-0.3, -0.25) is 9.78 Å². The van der Waals surface area contributed by atoms with Crippen LogP contribution in [0.3, 0.4) is 0 Å². The summed E-state index contributed by atoms with van der Waals surface area (Å²) in [5.41, 5.74) is 1.05. The predicted octanol–water partition coefficient (Wildman–Crippen LogP) is 2.35. The van der Waals surface area contributed by atoms with Crippen molar-refractivity contribution in [3.05, 3.63) is 36.2 Å². The fourth-order valence-electron chi connectivity index (χ4n) is 3.01. The van der Waals surface area contributed by atoms with Crippen molar-refractivity contribution in [2.75, 3.05) is 6.54 Å². The van der Waals surface area contributed by atoms with Crippen LogP contribution < -0.4 is 5.32 Å². The molecule has 7 nitrogen and oxygen atoms in total. The Morgan fingerprint density at radius 2 is 2.15 bits per heavy atom. The zero-order valence-corrected chi connectivity index (χ0v) is 16.0. The maximum absolute atomic E-state index is 12.0. The van der Waals surface area contributed by atoms with E-state index in [0.717, 1.165) is 17.8 Å². The summed E-state index contributed by atoms with van der Waals surface area (Å²) in [6.07, 6.45) is 2.58. The van der Waals surface area contributed by atoms with E-state index >= 15 is 0 Å². The monoisotopic (exact) mass is 373 g/mol. The highest BCUT2D eigenvalue weighted by Crippen LogP contribution is 2.24. The number of ether oxygens (including phenoxy) is 1. The van der Waals surface area contributed by atoms with E-state index in [0.29, 0.717) is 25.1 Å². The number of aliphatic hydroxyl groups is 1. The number of hydrogen-bond acceptors (Lipinski definition) is 6. The molecule has 0 radical (unpaired) electrons. The standard InChI is InChI=1S/C20H27N3O4/c1-20(2,3)19(25)22-12-18-16(24)8-7-14(26-18)10-13-11-17(27-23-13)15-6-4-5-9-21-15/h4-6,9,11,14,16,18,24H,7-8,10,12H2,1-3H3,(H,22,25). The summed E-state index contributed by atoms with van der Waals surface area (Å²) in [6.45, 7) is 5.86. The average molecular weight is 373 g/mol. The van der Waals surface area contributed by atoms with E-state index in [1.54, 1.807) is 6.20 Å². The molecule has 0 aromatic carbocycles. The first-order valence-electron chi connectivity index (χ1n) is 9.32. The smallest absolute Gasteiger partial charge is 0.225 e. The van der Waals surface area contributed by atoms with E-state index in [4.69, 9.17) is 9.26 Å². The predicted molar refractivity (Wildman–Crippen MR) is 99.8 cm³/mol. The topological polar surface area (TPSA) is 97.5 Å². The van der Waals surface area contributed by atoms with E-state index in [2.05, 4.69) is 15.5 Å². The molecule has 2 aromatic rings. The van der Waals surface area contributed by atoms with Gasteiger partial charge in [0, 0.05) is 30.6 Å². The summed E-state index contributed by atoms with van der Waals surface area (Å²) in [5.74, 6) is 0.562. The molecule has 2 N–H and O–H groups in total. The second-order valence-electron chi connectivity index (χ2n) is 8.00. The second kappa shape index (κ2) is 8.19. The van der Waals surface area contributed by atoms with Gasteiger partial charge in [0.05, 0.1) is 17.9 Å². The van der Waals surface area contributed by atoms with Crippen molar-refractivity contribution in [2.45, 2.75) is 58.3 Å². The van der Waals surface area contributed by atoms with Gasteiger partial charge in [-0.2, -0.15) is 0 Å². The summed E-state index contributed by atoms with van der Waals surface area (Å²) in [6, 6.07) is 7.48. The Bertz CT molecular complexity index is 754. The molecule has 1 aliphatic rings. The molecular formula is C20H27N3O4. The van der Waals surface area contributed by atoms with Crippen LogP contribution in [0.5, 0.6) is 0 Å². The number of hydrogen-bond donors (Lipinski definition) is 2. The van der Waals surface area contributed by atoms with Gasteiger partial charge in [0.1, 0.15) is 11.8 Å². The molecule has 1 aliphatic heterocycles. The van der Waals surface area contributed by atoms with Gasteiger partial charge in [-0.1, -0.05) is 32.0 Å². The maximum atomic E-state index is 12.0. The van der Waals surface area contributed by atoms with Crippen molar-refractivity contribution in [3.8, 4) is 11.5 Å². The molecule has 7 heteroatoms. The molecule has 3 atom stereocenters. The second-order valence-corrected chi connectivity index (χ2v) is 8.00. The molecule has 0 aliphatic carbocycles. The van der Waals surface area contributed by atoms with Crippen molar-refractivity contribution < 1.29 is 19.2 Å². The maximum Gasteiger partial charge on any atom is 0.225 e. The van der Waals surface area contributed by atoms with Gasteiger partial charge in [0.2, 0.25) is 5.91 Å². The molecular weight excluding hydrogens is 346 g/mol. The SMILES string of the molecule is CC(C)(C)C(=O)NCC1OC(Cc2cc(-c3ccccn3)on2)CCC1O. The van der Waals surface area contributed by atoms with Crippen molar-refractivity contribution in [1.82, 2.24) is 15.5 Å². The molecule has 3 unspecified atom stereocenters. The minimum Gasteiger partial charge on any atom is -0.390 e. The van der Waals surface area contributed by atoms with Gasteiger partial charge in [-0.05, 0) is 25.0 Å². The number of rotatable bonds is 5. The molecule has 0 bridgehead atoms. The minimum absolute atomic E-state index is 0.0584. The highest BCUT2D eigenvalue weighted by Gasteiger charge is 2.32. The highest BCUT2D eigenvalue weighted by molar-refractivity contribution is 5.81. The summed E-state index contributed by atoms with van der Waals surface area (Å²) in [4.78, 5) is 16.3. The molecule has 3 heterocycles. The molecule has 0 saturated carbocycles. The molecule has 1 saturated heterocycles. The van der Waals surface area contributed by atoms with Gasteiger partial charge in [0.25, 0.3) is 0 Å². The summed E-state index contributed by atoms with van der Waals surface area (Å²) < 4.78 is 11.4. The van der Waals surface area contributed by atoms with Crippen molar-refractivity contribution in [3.63, 3.8) is 0 Å². The lowest BCUT2D eigenvalue weighted by Crippen LogP contribution is -2.48. The third-order valence-electron chi connectivity index (χ3n) is 4.64. The van der Waals surface area contributed by atoms with E-state index in [9.17, 15) is 9.90 Å². The Balaban J connectivity index is 1.57. The largest absolute Gasteiger partial charge is 0.390 e. The van der Waals surface area contributed by atoms with Gasteiger partial charge in [-0.25, -0.2) is 0 Å². The van der Waals surface area contributed by atoms with Gasteiger partial charge >= 0.3 is 0 Å². The third kappa shape index (κ3) is 5.14. The normalized spacial score (nSPS) is 23.2. The molecule has 1 amide bonds. The van der Waals surface area contributed by atoms with Crippen molar-refractivity contribution in [1.29, 1.82) is 0 Å². The van der Waals surface area contributed by atoms with Crippen LogP contribution >= 0.6 is 0 Å². The van der Waals surface area contributed by atoms with Crippen LogP contribution in [0.4, 0.5) is 0 Å². The van der Waals surface area contributed by atoms with Crippen molar-refractivity contribution >= 4 is 5.91 Å². The van der Waals surface area contributed by atoms with E-state index in [-0.39, 0.29) is 12.0 Å². The number of nitrogens with zero attached hydrogens (tertiary/aromatic N) is 2. The van der Waals surface area contributed by atoms with Crippen molar-refractivity contribution in [2.24, 2.45) is 5.41 Å². The first-order valence-corrected chi connectivity index (χ1v) is 9.32. The molecule has 146 valence electrons. The number of pyridine rings is 1. The lowest BCUT2D eigenvalue weighted by Gasteiger charge is -2.34. The summed E-state index contributed by atoms with van der Waals surface area (Å²) in [7, 11) is 0. The minimum atomic E-state index is -0.581. The summed E-state index contributed by atoms with van der Waals surface area (Å²) in [5, 5.41) is 17.2. The van der Waals surface area contributed by atoms with Crippen LogP contribution in [0.25, 0.3) is 11.5 Å².